The first kappa shape index (κ1) is 13.3. The summed E-state index contributed by atoms with van der Waals surface area (Å²) in [7, 11) is 0. The number of hydrogen-bond donors (Lipinski definition) is 2. The predicted molar refractivity (Wildman–Crippen MR) is 79.6 cm³/mol. The molecule has 5 nitrogen and oxygen atoms in total. The summed E-state index contributed by atoms with van der Waals surface area (Å²) in [6, 6.07) is 5.82. The van der Waals surface area contributed by atoms with Gasteiger partial charge in [0.05, 0.1) is 10.6 Å². The lowest BCUT2D eigenvalue weighted by atomic mass is 9.90. The number of carbonyl (C=O) groups is 1. The van der Waals surface area contributed by atoms with Gasteiger partial charge in [0.2, 0.25) is 0 Å². The lowest BCUT2D eigenvalue weighted by Crippen LogP contribution is -2.34. The van der Waals surface area contributed by atoms with Crippen LogP contribution in [0.5, 0.6) is 0 Å². The van der Waals surface area contributed by atoms with Crippen molar-refractivity contribution in [2.75, 3.05) is 19.6 Å². The number of aromatic nitrogens is 2. The van der Waals surface area contributed by atoms with Gasteiger partial charge in [-0.15, -0.1) is 11.3 Å². The Morgan fingerprint density at radius 2 is 2.50 bits per heavy atom. The Balaban J connectivity index is 1.76. The second kappa shape index (κ2) is 5.03. The smallest absolute Gasteiger partial charge is 0.274 e. The van der Waals surface area contributed by atoms with Crippen LogP contribution in [0, 0.1) is 5.41 Å². The Morgan fingerprint density at radius 3 is 3.15 bits per heavy atom. The Hall–Kier alpha value is -1.66. The molecule has 3 N–H and O–H groups in total. The van der Waals surface area contributed by atoms with Crippen molar-refractivity contribution in [3.05, 3.63) is 29.3 Å². The van der Waals surface area contributed by atoms with Crippen LogP contribution in [0.25, 0.3) is 10.6 Å². The molecular weight excluding hydrogens is 272 g/mol. The number of thiophene rings is 1. The minimum Gasteiger partial charge on any atom is -0.337 e. The lowest BCUT2D eigenvalue weighted by molar-refractivity contribution is 0.0771. The van der Waals surface area contributed by atoms with Crippen LogP contribution in [0.1, 0.15) is 23.8 Å². The molecule has 2 aromatic heterocycles. The van der Waals surface area contributed by atoms with Crippen LogP contribution in [-0.4, -0.2) is 40.6 Å². The molecule has 20 heavy (non-hydrogen) atoms. The van der Waals surface area contributed by atoms with Gasteiger partial charge in [0.15, 0.2) is 5.69 Å². The SMILES string of the molecule is CC1(CN)CCN(C(=O)c2cc(-c3cccs3)[nH]n2)C1. The Morgan fingerprint density at radius 1 is 1.65 bits per heavy atom. The molecule has 0 spiro atoms. The Bertz CT molecular complexity index is 606. The number of H-pyrrole nitrogens is 1. The van der Waals surface area contributed by atoms with Crippen molar-refractivity contribution in [3.8, 4) is 10.6 Å². The van der Waals surface area contributed by atoms with Crippen molar-refractivity contribution in [1.29, 1.82) is 0 Å². The van der Waals surface area contributed by atoms with E-state index in [2.05, 4.69) is 17.1 Å². The third-order valence-corrected chi connectivity index (χ3v) is 4.82. The topological polar surface area (TPSA) is 75.0 Å². The van der Waals surface area contributed by atoms with Gasteiger partial charge < -0.3 is 10.6 Å². The van der Waals surface area contributed by atoms with E-state index in [0.717, 1.165) is 23.5 Å². The third kappa shape index (κ3) is 2.36. The van der Waals surface area contributed by atoms with Gasteiger partial charge in [0.1, 0.15) is 0 Å². The fourth-order valence-electron chi connectivity index (χ4n) is 2.52. The number of rotatable bonds is 3. The van der Waals surface area contributed by atoms with Crippen molar-refractivity contribution >= 4 is 17.2 Å². The molecule has 3 rings (SSSR count). The molecule has 106 valence electrons. The summed E-state index contributed by atoms with van der Waals surface area (Å²) in [5.41, 5.74) is 7.20. The maximum absolute atomic E-state index is 12.4. The first-order chi connectivity index (χ1) is 9.61. The first-order valence-electron chi connectivity index (χ1n) is 6.70. The van der Waals surface area contributed by atoms with Gasteiger partial charge in [-0.1, -0.05) is 13.0 Å². The lowest BCUT2D eigenvalue weighted by Gasteiger charge is -2.21. The van der Waals surface area contributed by atoms with Crippen molar-refractivity contribution < 1.29 is 4.79 Å². The molecule has 2 aromatic rings. The molecule has 0 aliphatic carbocycles. The van der Waals surface area contributed by atoms with E-state index < -0.39 is 0 Å². The van der Waals surface area contributed by atoms with Crippen molar-refractivity contribution in [1.82, 2.24) is 15.1 Å². The summed E-state index contributed by atoms with van der Waals surface area (Å²) in [6.07, 6.45) is 0.956. The van der Waals surface area contributed by atoms with Gasteiger partial charge in [0.25, 0.3) is 5.91 Å². The molecule has 0 bridgehead atoms. The monoisotopic (exact) mass is 290 g/mol. The van der Waals surface area contributed by atoms with E-state index in [1.54, 1.807) is 11.3 Å². The second-order valence-corrected chi connectivity index (χ2v) is 6.58. The summed E-state index contributed by atoms with van der Waals surface area (Å²) < 4.78 is 0. The molecule has 0 saturated carbocycles. The maximum atomic E-state index is 12.4. The maximum Gasteiger partial charge on any atom is 0.274 e. The molecule has 1 unspecified atom stereocenters. The van der Waals surface area contributed by atoms with Crippen LogP contribution in [0.15, 0.2) is 23.6 Å². The molecular formula is C14H18N4OS. The molecule has 1 saturated heterocycles. The number of likely N-dealkylation sites (tertiary alicyclic amines) is 1. The largest absolute Gasteiger partial charge is 0.337 e. The zero-order chi connectivity index (χ0) is 14.2. The van der Waals surface area contributed by atoms with E-state index in [4.69, 9.17) is 5.73 Å². The summed E-state index contributed by atoms with van der Waals surface area (Å²) in [5.74, 6) is -0.0127. The van der Waals surface area contributed by atoms with Gasteiger partial charge in [-0.25, -0.2) is 0 Å². The molecule has 0 aromatic carbocycles. The fraction of sp³-hybridized carbons (Fsp3) is 0.429. The average molecular weight is 290 g/mol. The number of amides is 1. The molecule has 1 aliphatic rings. The number of carbonyl (C=O) groups excluding carboxylic acids is 1. The van der Waals surface area contributed by atoms with E-state index in [9.17, 15) is 4.79 Å². The summed E-state index contributed by atoms with van der Waals surface area (Å²) >= 11 is 1.62. The van der Waals surface area contributed by atoms with Crippen LogP contribution in [0.4, 0.5) is 0 Å². The molecule has 6 heteroatoms. The minimum atomic E-state index is -0.0127. The minimum absolute atomic E-state index is 0.0127. The van der Waals surface area contributed by atoms with Crippen molar-refractivity contribution in [2.24, 2.45) is 11.1 Å². The van der Waals surface area contributed by atoms with Crippen LogP contribution in [0.2, 0.25) is 0 Å². The highest BCUT2D eigenvalue weighted by atomic mass is 32.1. The quantitative estimate of drug-likeness (QED) is 0.907. The van der Waals surface area contributed by atoms with Crippen LogP contribution >= 0.6 is 11.3 Å². The highest BCUT2D eigenvalue weighted by Crippen LogP contribution is 2.30. The van der Waals surface area contributed by atoms with Crippen molar-refractivity contribution in [2.45, 2.75) is 13.3 Å². The van der Waals surface area contributed by atoms with E-state index >= 15 is 0 Å². The predicted octanol–water partition coefficient (Wildman–Crippen LogP) is 1.95. The third-order valence-electron chi connectivity index (χ3n) is 3.92. The molecule has 1 amide bonds. The number of hydrogen-bond acceptors (Lipinski definition) is 4. The molecule has 0 radical (unpaired) electrons. The Labute approximate surface area is 121 Å². The van der Waals surface area contributed by atoms with E-state index in [1.165, 1.54) is 0 Å². The zero-order valence-corrected chi connectivity index (χ0v) is 12.2. The van der Waals surface area contributed by atoms with Crippen molar-refractivity contribution in [3.63, 3.8) is 0 Å². The molecule has 3 heterocycles. The molecule has 1 fully saturated rings. The van der Waals surface area contributed by atoms with Gasteiger partial charge >= 0.3 is 0 Å². The van der Waals surface area contributed by atoms with Crippen LogP contribution < -0.4 is 5.73 Å². The van der Waals surface area contributed by atoms with Crippen LogP contribution in [0.3, 0.4) is 0 Å². The van der Waals surface area contributed by atoms with E-state index in [1.807, 2.05) is 28.5 Å². The Kier molecular flexibility index (Phi) is 3.35. The first-order valence-corrected chi connectivity index (χ1v) is 7.58. The zero-order valence-electron chi connectivity index (χ0n) is 11.4. The second-order valence-electron chi connectivity index (χ2n) is 5.64. The summed E-state index contributed by atoms with van der Waals surface area (Å²) in [5, 5.41) is 9.09. The highest BCUT2D eigenvalue weighted by Gasteiger charge is 2.35. The number of nitrogens with zero attached hydrogens (tertiary/aromatic N) is 2. The van der Waals surface area contributed by atoms with Gasteiger partial charge in [-0.05, 0) is 35.9 Å². The highest BCUT2D eigenvalue weighted by molar-refractivity contribution is 7.13. The summed E-state index contributed by atoms with van der Waals surface area (Å²) in [6.45, 7) is 4.21. The summed E-state index contributed by atoms with van der Waals surface area (Å²) in [4.78, 5) is 15.4. The van der Waals surface area contributed by atoms with Crippen LogP contribution in [-0.2, 0) is 0 Å². The molecule has 1 atom stereocenters. The number of nitrogens with one attached hydrogen (secondary N) is 1. The normalized spacial score (nSPS) is 22.4. The average Bonchev–Trinajstić information content (AvgIpc) is 3.18. The van der Waals surface area contributed by atoms with Gasteiger partial charge in [-0.3, -0.25) is 9.89 Å². The molecule has 1 aliphatic heterocycles. The van der Waals surface area contributed by atoms with E-state index in [-0.39, 0.29) is 11.3 Å². The fourth-order valence-corrected chi connectivity index (χ4v) is 3.21. The van der Waals surface area contributed by atoms with Gasteiger partial charge in [-0.2, -0.15) is 5.10 Å². The number of nitrogens with two attached hydrogens (primary N) is 1. The van der Waals surface area contributed by atoms with Gasteiger partial charge in [0, 0.05) is 13.1 Å². The van der Waals surface area contributed by atoms with E-state index in [0.29, 0.717) is 18.8 Å². The standard InChI is InChI=1S/C14H18N4OS/c1-14(8-15)4-5-18(9-14)13(19)11-7-10(16-17-11)12-3-2-6-20-12/h2-3,6-7H,4-5,8-9,15H2,1H3,(H,16,17). The number of aromatic amines is 1.